The Balaban J connectivity index is 2.72. The Bertz CT molecular complexity index is 866. The number of nitrogens with one attached hydrogen (secondary N) is 3. The summed E-state index contributed by atoms with van der Waals surface area (Å²) in [6.45, 7) is 5.31. The van der Waals surface area contributed by atoms with E-state index in [1.807, 2.05) is 0 Å². The van der Waals surface area contributed by atoms with Gasteiger partial charge in [0, 0.05) is 18.1 Å². The van der Waals surface area contributed by atoms with E-state index in [0.717, 1.165) is 11.3 Å². The average molecular weight is 513 g/mol. The minimum absolute atomic E-state index is 0.0660. The SMILES string of the molecule is CC(C)(C)OC(=O)N[C@H](CCCN)C(=O)NCC(=O)N[C@@H](CCCN=C(N)N)C(=O)c1nccs1. The first kappa shape index (κ1) is 29.8. The number of nitrogens with zero attached hydrogens (tertiary/aromatic N) is 2. The lowest BCUT2D eigenvalue weighted by atomic mass is 10.1. The number of guanidine groups is 1. The quantitative estimate of drug-likeness (QED) is 0.0826. The smallest absolute Gasteiger partial charge is 0.408 e. The van der Waals surface area contributed by atoms with E-state index < -0.39 is 42.1 Å². The number of thiazole rings is 1. The van der Waals surface area contributed by atoms with Crippen molar-refractivity contribution in [2.45, 2.75) is 64.1 Å². The number of aromatic nitrogens is 1. The molecular weight excluding hydrogens is 476 g/mol. The molecule has 9 N–H and O–H groups in total. The van der Waals surface area contributed by atoms with Crippen LogP contribution in [0.15, 0.2) is 16.6 Å². The molecule has 0 bridgehead atoms. The van der Waals surface area contributed by atoms with Gasteiger partial charge in [0.25, 0.3) is 0 Å². The number of carbonyl (C=O) groups is 4. The number of ether oxygens (including phenoxy) is 1. The van der Waals surface area contributed by atoms with E-state index in [9.17, 15) is 19.2 Å². The molecule has 1 heterocycles. The van der Waals surface area contributed by atoms with Gasteiger partial charge in [-0.25, -0.2) is 9.78 Å². The molecule has 0 aliphatic heterocycles. The predicted octanol–water partition coefficient (Wildman–Crippen LogP) is -0.387. The monoisotopic (exact) mass is 512 g/mol. The van der Waals surface area contributed by atoms with Crippen LogP contribution < -0.4 is 33.2 Å². The second-order valence-electron chi connectivity index (χ2n) is 8.62. The number of alkyl carbamates (subject to hydrolysis) is 1. The average Bonchev–Trinajstić information content (AvgIpc) is 3.30. The van der Waals surface area contributed by atoms with Crippen molar-refractivity contribution >= 4 is 41.0 Å². The summed E-state index contributed by atoms with van der Waals surface area (Å²) in [5, 5.41) is 9.51. The van der Waals surface area contributed by atoms with E-state index in [-0.39, 0.29) is 36.1 Å². The number of amides is 3. The van der Waals surface area contributed by atoms with Gasteiger partial charge in [0.1, 0.15) is 11.6 Å². The molecule has 0 radical (unpaired) electrons. The molecule has 0 unspecified atom stereocenters. The summed E-state index contributed by atoms with van der Waals surface area (Å²) in [5.74, 6) is -1.57. The molecule has 0 aliphatic carbocycles. The lowest BCUT2D eigenvalue weighted by molar-refractivity contribution is -0.127. The number of nitrogens with two attached hydrogens (primary N) is 3. The van der Waals surface area contributed by atoms with Crippen molar-refractivity contribution in [3.8, 4) is 0 Å². The molecule has 0 saturated carbocycles. The lowest BCUT2D eigenvalue weighted by Gasteiger charge is -2.23. The summed E-state index contributed by atoms with van der Waals surface area (Å²) in [6, 6.07) is -1.80. The molecule has 196 valence electrons. The summed E-state index contributed by atoms with van der Waals surface area (Å²) in [7, 11) is 0. The van der Waals surface area contributed by atoms with Gasteiger partial charge in [-0.1, -0.05) is 0 Å². The maximum absolute atomic E-state index is 12.8. The maximum atomic E-state index is 12.8. The topological polar surface area (TPSA) is 217 Å². The molecule has 0 fully saturated rings. The van der Waals surface area contributed by atoms with Crippen LogP contribution in [0.25, 0.3) is 0 Å². The Morgan fingerprint density at radius 3 is 2.37 bits per heavy atom. The minimum Gasteiger partial charge on any atom is -0.444 e. The van der Waals surface area contributed by atoms with E-state index in [1.54, 1.807) is 26.2 Å². The summed E-state index contributed by atoms with van der Waals surface area (Å²) < 4.78 is 5.19. The zero-order chi connectivity index (χ0) is 26.4. The standard InChI is InChI=1S/C21H36N8O5S/c1-21(2,3)34-20(33)29-14(6-4-8-22)17(32)27-12-15(30)28-13(7-5-9-26-19(23)24)16(31)18-25-10-11-35-18/h10-11,13-14H,4-9,12,22H2,1-3H3,(H,27,32)(H,28,30)(H,29,33)(H4,23,24,26)/t13-,14+/m0/s1. The first-order valence-corrected chi connectivity index (χ1v) is 12.1. The second-order valence-corrected chi connectivity index (χ2v) is 9.51. The zero-order valence-corrected chi connectivity index (χ0v) is 21.2. The largest absolute Gasteiger partial charge is 0.444 e. The molecule has 1 aromatic heterocycles. The molecule has 0 spiro atoms. The molecule has 3 amide bonds. The normalized spacial score (nSPS) is 12.7. The summed E-state index contributed by atoms with van der Waals surface area (Å²) in [5.41, 5.74) is 15.4. The van der Waals surface area contributed by atoms with Crippen molar-refractivity contribution in [2.75, 3.05) is 19.6 Å². The van der Waals surface area contributed by atoms with E-state index in [2.05, 4.69) is 25.9 Å². The number of Topliss-reactive ketones (excluding diaryl/α,β-unsaturated/α-hetero) is 1. The van der Waals surface area contributed by atoms with Crippen molar-refractivity contribution in [3.05, 3.63) is 16.6 Å². The maximum Gasteiger partial charge on any atom is 0.408 e. The highest BCUT2D eigenvalue weighted by Gasteiger charge is 2.26. The molecule has 1 aromatic rings. The number of carbonyl (C=O) groups excluding carboxylic acids is 4. The van der Waals surface area contributed by atoms with Gasteiger partial charge in [0.15, 0.2) is 11.0 Å². The van der Waals surface area contributed by atoms with Crippen LogP contribution in [0.3, 0.4) is 0 Å². The van der Waals surface area contributed by atoms with Crippen molar-refractivity contribution in [2.24, 2.45) is 22.2 Å². The second kappa shape index (κ2) is 14.9. The molecule has 13 nitrogen and oxygen atoms in total. The molecule has 0 aromatic carbocycles. The molecular formula is C21H36N8O5S. The molecule has 1 rings (SSSR count). The Morgan fingerprint density at radius 2 is 1.80 bits per heavy atom. The van der Waals surface area contributed by atoms with Crippen molar-refractivity contribution in [1.82, 2.24) is 20.9 Å². The molecule has 14 heteroatoms. The fourth-order valence-corrected chi connectivity index (χ4v) is 3.47. The number of rotatable bonds is 14. The first-order valence-electron chi connectivity index (χ1n) is 11.2. The van der Waals surface area contributed by atoms with Gasteiger partial charge >= 0.3 is 6.09 Å². The summed E-state index contributed by atoms with van der Waals surface area (Å²) in [4.78, 5) is 57.9. The van der Waals surface area contributed by atoms with Gasteiger partial charge in [0.05, 0.1) is 12.6 Å². The summed E-state index contributed by atoms with van der Waals surface area (Å²) in [6.07, 6.45) is 2.19. The van der Waals surface area contributed by atoms with Gasteiger partial charge < -0.3 is 37.9 Å². The van der Waals surface area contributed by atoms with Gasteiger partial charge in [-0.2, -0.15) is 0 Å². The molecule has 0 aliphatic rings. The number of ketones is 1. The fourth-order valence-electron chi connectivity index (χ4n) is 2.84. The van der Waals surface area contributed by atoms with Crippen molar-refractivity contribution in [1.29, 1.82) is 0 Å². The van der Waals surface area contributed by atoms with Crippen LogP contribution in [0.2, 0.25) is 0 Å². The van der Waals surface area contributed by atoms with Crippen LogP contribution in [0.4, 0.5) is 4.79 Å². The van der Waals surface area contributed by atoms with Crippen LogP contribution in [-0.2, 0) is 14.3 Å². The van der Waals surface area contributed by atoms with E-state index in [1.165, 1.54) is 6.20 Å². The third kappa shape index (κ3) is 12.7. The van der Waals surface area contributed by atoms with Gasteiger partial charge in [-0.3, -0.25) is 19.4 Å². The Morgan fingerprint density at radius 1 is 1.11 bits per heavy atom. The Kier molecular flexibility index (Phi) is 12.7. The molecule has 2 atom stereocenters. The summed E-state index contributed by atoms with van der Waals surface area (Å²) >= 11 is 1.16. The van der Waals surface area contributed by atoms with Gasteiger partial charge in [0.2, 0.25) is 17.6 Å². The van der Waals surface area contributed by atoms with E-state index in [0.29, 0.717) is 19.4 Å². The highest BCUT2D eigenvalue weighted by molar-refractivity contribution is 7.11. The third-order valence-corrected chi connectivity index (χ3v) is 5.16. The van der Waals surface area contributed by atoms with Crippen LogP contribution in [0.5, 0.6) is 0 Å². The van der Waals surface area contributed by atoms with E-state index >= 15 is 0 Å². The Hall–Kier alpha value is -3.26. The van der Waals surface area contributed by atoms with Gasteiger partial charge in [-0.15, -0.1) is 11.3 Å². The predicted molar refractivity (Wildman–Crippen MR) is 133 cm³/mol. The van der Waals surface area contributed by atoms with Crippen LogP contribution in [-0.4, -0.2) is 72.0 Å². The van der Waals surface area contributed by atoms with Gasteiger partial charge in [-0.05, 0) is 53.0 Å². The third-order valence-electron chi connectivity index (χ3n) is 4.37. The fraction of sp³-hybridized carbons (Fsp3) is 0.619. The minimum atomic E-state index is -0.937. The highest BCUT2D eigenvalue weighted by atomic mass is 32.1. The number of aliphatic imine (C=N–C) groups is 1. The molecule has 0 saturated heterocycles. The van der Waals surface area contributed by atoms with Crippen molar-refractivity contribution in [3.63, 3.8) is 0 Å². The first-order chi connectivity index (χ1) is 16.4. The van der Waals surface area contributed by atoms with Crippen LogP contribution >= 0.6 is 11.3 Å². The number of hydrogen-bond donors (Lipinski definition) is 6. The Labute approximate surface area is 208 Å². The van der Waals surface area contributed by atoms with Crippen molar-refractivity contribution < 1.29 is 23.9 Å². The molecule has 35 heavy (non-hydrogen) atoms. The van der Waals surface area contributed by atoms with E-state index in [4.69, 9.17) is 21.9 Å². The zero-order valence-electron chi connectivity index (χ0n) is 20.3. The number of hydrogen-bond acceptors (Lipinski definition) is 9. The van der Waals surface area contributed by atoms with Crippen LogP contribution in [0.1, 0.15) is 56.3 Å². The highest BCUT2D eigenvalue weighted by Crippen LogP contribution is 2.11. The lowest BCUT2D eigenvalue weighted by Crippen LogP contribution is -2.51. The van der Waals surface area contributed by atoms with Crippen LogP contribution in [0, 0.1) is 0 Å².